The average molecular weight is 569 g/mol. The zero-order chi connectivity index (χ0) is 26.8. The molecule has 3 rings (SSSR count). The minimum absolute atomic E-state index is 0.227. The number of carbonyl (C=O) groups is 3. The molecule has 1 N–H and O–H groups in total. The van der Waals surface area contributed by atoms with Crippen LogP contribution in [0.2, 0.25) is 5.02 Å². The van der Waals surface area contributed by atoms with Crippen LogP contribution in [-0.4, -0.2) is 72.8 Å². The lowest BCUT2D eigenvalue weighted by Crippen LogP contribution is -2.52. The van der Waals surface area contributed by atoms with E-state index in [1.54, 1.807) is 31.2 Å². The van der Waals surface area contributed by atoms with E-state index in [9.17, 15) is 14.4 Å². The van der Waals surface area contributed by atoms with Crippen molar-refractivity contribution in [2.45, 2.75) is 38.3 Å². The fourth-order valence-electron chi connectivity index (χ4n) is 4.49. The second-order valence-corrected chi connectivity index (χ2v) is 9.85. The summed E-state index contributed by atoms with van der Waals surface area (Å²) in [5.74, 6) is -0.331. The lowest BCUT2D eigenvalue weighted by molar-refractivity contribution is -0.153. The van der Waals surface area contributed by atoms with Gasteiger partial charge in [-0.15, -0.1) is 23.2 Å². The molecule has 0 spiro atoms. The lowest BCUT2D eigenvalue weighted by Gasteiger charge is -2.29. The Morgan fingerprint density at radius 1 is 1.11 bits per heavy atom. The number of amides is 2. The van der Waals surface area contributed by atoms with Crippen molar-refractivity contribution in [2.75, 3.05) is 42.9 Å². The summed E-state index contributed by atoms with van der Waals surface area (Å²) in [7, 11) is 0. The molecule has 0 aromatic heterocycles. The quantitative estimate of drug-likeness (QED) is 0.301. The molecule has 1 fully saturated rings. The normalized spacial score (nSPS) is 15.8. The van der Waals surface area contributed by atoms with Gasteiger partial charge in [0.1, 0.15) is 12.1 Å². The number of likely N-dealkylation sites (tertiary alicyclic amines) is 1. The average Bonchev–Trinajstić information content (AvgIpc) is 3.38. The van der Waals surface area contributed by atoms with Gasteiger partial charge in [-0.05, 0) is 49.6 Å². The van der Waals surface area contributed by atoms with Crippen LogP contribution in [0.3, 0.4) is 0 Å². The third kappa shape index (κ3) is 7.76. The summed E-state index contributed by atoms with van der Waals surface area (Å²) in [6.07, 6.45) is 1.43. The molecule has 0 bridgehead atoms. The highest BCUT2D eigenvalue weighted by Gasteiger charge is 2.38. The van der Waals surface area contributed by atoms with Crippen molar-refractivity contribution < 1.29 is 19.1 Å². The highest BCUT2D eigenvalue weighted by molar-refractivity contribution is 6.33. The summed E-state index contributed by atoms with van der Waals surface area (Å²) < 4.78 is 5.19. The molecule has 10 heteroatoms. The zero-order valence-electron chi connectivity index (χ0n) is 20.8. The lowest BCUT2D eigenvalue weighted by atomic mass is 10.0. The molecule has 200 valence electrons. The van der Waals surface area contributed by atoms with Crippen LogP contribution >= 0.6 is 34.8 Å². The van der Waals surface area contributed by atoms with Crippen LogP contribution in [0, 0.1) is 0 Å². The molecule has 1 aliphatic rings. The number of hydrogen-bond donors (Lipinski definition) is 1. The topological polar surface area (TPSA) is 79.0 Å². The highest BCUT2D eigenvalue weighted by Crippen LogP contribution is 2.23. The molecule has 0 unspecified atom stereocenters. The third-order valence-electron chi connectivity index (χ3n) is 6.24. The van der Waals surface area contributed by atoms with Crippen molar-refractivity contribution in [3.05, 3.63) is 64.7 Å². The van der Waals surface area contributed by atoms with Crippen molar-refractivity contribution in [1.82, 2.24) is 10.2 Å². The van der Waals surface area contributed by atoms with Gasteiger partial charge in [0.25, 0.3) is 5.91 Å². The molecule has 0 aliphatic carbocycles. The summed E-state index contributed by atoms with van der Waals surface area (Å²) in [5, 5.41) is 3.16. The first-order chi connectivity index (χ1) is 17.9. The van der Waals surface area contributed by atoms with E-state index in [0.29, 0.717) is 44.2 Å². The standard InChI is InChI=1S/C27H32Cl3N3O4/c1-2-37-27(36)24-11-6-14-33(24)26(35)23(31-25(34)21-9-3-4-10-22(21)30)18-19-7-5-8-20(17-19)32(15-12-28)16-13-29/h3-5,7-10,17,23-24H,2,6,11-16,18H2,1H3,(H,31,34)/t23-,24+/m1/s1. The minimum Gasteiger partial charge on any atom is -0.464 e. The van der Waals surface area contributed by atoms with Gasteiger partial charge in [0.15, 0.2) is 0 Å². The Kier molecular flexibility index (Phi) is 11.4. The number of benzene rings is 2. The monoisotopic (exact) mass is 567 g/mol. The molecule has 2 aromatic carbocycles. The van der Waals surface area contributed by atoms with Crippen LogP contribution in [0.25, 0.3) is 0 Å². The van der Waals surface area contributed by atoms with Crippen molar-refractivity contribution in [3.8, 4) is 0 Å². The van der Waals surface area contributed by atoms with E-state index in [1.165, 1.54) is 4.90 Å². The maximum absolute atomic E-state index is 13.8. The van der Waals surface area contributed by atoms with Gasteiger partial charge in [0, 0.05) is 43.5 Å². The number of alkyl halides is 2. The summed E-state index contributed by atoms with van der Waals surface area (Å²) in [5.41, 5.74) is 2.04. The predicted molar refractivity (Wildman–Crippen MR) is 148 cm³/mol. The van der Waals surface area contributed by atoms with Crippen LogP contribution < -0.4 is 10.2 Å². The number of ether oxygens (including phenoxy) is 1. The Labute approximate surface area is 233 Å². The van der Waals surface area contributed by atoms with E-state index in [4.69, 9.17) is 39.5 Å². The van der Waals surface area contributed by atoms with Crippen molar-refractivity contribution in [2.24, 2.45) is 0 Å². The molecule has 37 heavy (non-hydrogen) atoms. The summed E-state index contributed by atoms with van der Waals surface area (Å²) in [6, 6.07) is 12.8. The molecule has 2 aromatic rings. The van der Waals surface area contributed by atoms with E-state index in [0.717, 1.165) is 11.3 Å². The van der Waals surface area contributed by atoms with Gasteiger partial charge in [-0.25, -0.2) is 4.79 Å². The van der Waals surface area contributed by atoms with Crippen LogP contribution in [0.15, 0.2) is 48.5 Å². The number of hydrogen-bond acceptors (Lipinski definition) is 5. The van der Waals surface area contributed by atoms with E-state index in [1.807, 2.05) is 24.3 Å². The molecule has 2 atom stereocenters. The first-order valence-electron chi connectivity index (χ1n) is 12.4. The van der Waals surface area contributed by atoms with E-state index in [2.05, 4.69) is 10.2 Å². The molecular formula is C27H32Cl3N3O4. The fraction of sp³-hybridized carbons (Fsp3) is 0.444. The van der Waals surface area contributed by atoms with Crippen molar-refractivity contribution >= 4 is 58.3 Å². The van der Waals surface area contributed by atoms with E-state index in [-0.39, 0.29) is 29.5 Å². The van der Waals surface area contributed by atoms with Crippen LogP contribution in [-0.2, 0) is 20.7 Å². The van der Waals surface area contributed by atoms with Crippen molar-refractivity contribution in [3.63, 3.8) is 0 Å². The van der Waals surface area contributed by atoms with E-state index < -0.39 is 24.0 Å². The number of rotatable bonds is 12. The number of halogens is 3. The second-order valence-electron chi connectivity index (χ2n) is 8.69. The summed E-state index contributed by atoms with van der Waals surface area (Å²) in [6.45, 7) is 3.63. The Morgan fingerprint density at radius 3 is 2.51 bits per heavy atom. The number of nitrogens with one attached hydrogen (secondary N) is 1. The molecule has 1 saturated heterocycles. The fourth-order valence-corrected chi connectivity index (χ4v) is 5.12. The molecule has 0 saturated carbocycles. The molecule has 7 nitrogen and oxygen atoms in total. The second kappa shape index (κ2) is 14.5. The number of carbonyl (C=O) groups excluding carboxylic acids is 3. The Bertz CT molecular complexity index is 1080. The van der Waals surface area contributed by atoms with Crippen LogP contribution in [0.1, 0.15) is 35.7 Å². The van der Waals surface area contributed by atoms with Gasteiger partial charge in [0.2, 0.25) is 5.91 Å². The first-order valence-corrected chi connectivity index (χ1v) is 13.8. The number of nitrogens with zero attached hydrogens (tertiary/aromatic N) is 2. The Hall–Kier alpha value is -2.48. The maximum Gasteiger partial charge on any atom is 0.328 e. The number of esters is 1. The summed E-state index contributed by atoms with van der Waals surface area (Å²) >= 11 is 18.2. The van der Waals surface area contributed by atoms with Crippen molar-refractivity contribution in [1.29, 1.82) is 0 Å². The number of anilines is 1. The zero-order valence-corrected chi connectivity index (χ0v) is 23.1. The van der Waals surface area contributed by atoms with Gasteiger partial charge in [0.05, 0.1) is 17.2 Å². The predicted octanol–water partition coefficient (Wildman–Crippen LogP) is 4.52. The molecule has 1 aliphatic heterocycles. The van der Waals surface area contributed by atoms with Gasteiger partial charge in [-0.3, -0.25) is 9.59 Å². The van der Waals surface area contributed by atoms with Crippen LogP contribution in [0.4, 0.5) is 5.69 Å². The minimum atomic E-state index is -0.913. The third-order valence-corrected chi connectivity index (χ3v) is 6.91. The molecule has 1 heterocycles. The maximum atomic E-state index is 13.8. The SMILES string of the molecule is CCOC(=O)[C@@H]1CCCN1C(=O)[C@@H](Cc1cccc(N(CCCl)CCCl)c1)NC(=O)c1ccccc1Cl. The van der Waals surface area contributed by atoms with Gasteiger partial charge in [-0.2, -0.15) is 0 Å². The molecule has 2 amide bonds. The highest BCUT2D eigenvalue weighted by atomic mass is 35.5. The Balaban J connectivity index is 1.89. The smallest absolute Gasteiger partial charge is 0.328 e. The first kappa shape index (κ1) is 29.1. The van der Waals surface area contributed by atoms with Gasteiger partial charge in [-0.1, -0.05) is 35.9 Å². The largest absolute Gasteiger partial charge is 0.464 e. The van der Waals surface area contributed by atoms with E-state index >= 15 is 0 Å². The van der Waals surface area contributed by atoms with Gasteiger partial charge < -0.3 is 19.9 Å². The molecule has 0 radical (unpaired) electrons. The van der Waals surface area contributed by atoms with Gasteiger partial charge >= 0.3 is 5.97 Å². The van der Waals surface area contributed by atoms with Crippen LogP contribution in [0.5, 0.6) is 0 Å². The summed E-state index contributed by atoms with van der Waals surface area (Å²) in [4.78, 5) is 43.0. The Morgan fingerprint density at radius 2 is 1.84 bits per heavy atom. The molecular weight excluding hydrogens is 537 g/mol.